The molecule has 1 N–H and O–H groups in total. The maximum atomic E-state index is 14.0. The van der Waals surface area contributed by atoms with E-state index in [-0.39, 0.29) is 30.3 Å². The first-order valence-electron chi connectivity index (χ1n) is 8.55. The Labute approximate surface area is 168 Å². The lowest BCUT2D eigenvalue weighted by Crippen LogP contribution is -2.48. The lowest BCUT2D eigenvalue weighted by Gasteiger charge is -2.30. The van der Waals surface area contributed by atoms with Gasteiger partial charge in [0.15, 0.2) is 0 Å². The second-order valence-corrected chi connectivity index (χ2v) is 6.89. The lowest BCUT2D eigenvalue weighted by molar-refractivity contribution is -0.140. The normalized spacial score (nSPS) is 11.7. The quantitative estimate of drug-likeness (QED) is 0.742. The van der Waals surface area contributed by atoms with Crippen LogP contribution in [0.25, 0.3) is 0 Å². The van der Waals surface area contributed by atoms with Gasteiger partial charge in [-0.15, -0.1) is 0 Å². The minimum atomic E-state index is -0.677. The molecule has 2 rings (SSSR count). The molecule has 1 atom stereocenters. The summed E-state index contributed by atoms with van der Waals surface area (Å²) in [5, 5.41) is 3.35. The molecule has 2 aromatic carbocycles. The van der Waals surface area contributed by atoms with E-state index in [0.29, 0.717) is 16.5 Å². The van der Waals surface area contributed by atoms with Crippen molar-refractivity contribution >= 4 is 35.0 Å². The van der Waals surface area contributed by atoms with Crippen molar-refractivity contribution in [3.05, 3.63) is 69.5 Å². The van der Waals surface area contributed by atoms with E-state index in [2.05, 4.69) is 5.32 Å². The standard InChI is InChI=1S/C20H21Cl2FN2O2/c1-3-18(20(27)24-2)25(12-13-8-9-15(21)16(22)10-13)19(26)11-14-6-4-5-7-17(14)23/h4-10,18H,3,11-12H2,1-2H3,(H,24,27)/t18-/m0/s1. The van der Waals surface area contributed by atoms with Crippen molar-refractivity contribution in [1.29, 1.82) is 0 Å². The molecule has 4 nitrogen and oxygen atoms in total. The fraction of sp³-hybridized carbons (Fsp3) is 0.300. The number of nitrogens with one attached hydrogen (secondary N) is 1. The first-order chi connectivity index (χ1) is 12.9. The van der Waals surface area contributed by atoms with Crippen molar-refractivity contribution in [3.63, 3.8) is 0 Å². The molecule has 0 spiro atoms. The predicted molar refractivity (Wildman–Crippen MR) is 105 cm³/mol. The highest BCUT2D eigenvalue weighted by atomic mass is 35.5. The first kappa shape index (κ1) is 21.2. The minimum absolute atomic E-state index is 0.137. The molecular weight excluding hydrogens is 390 g/mol. The van der Waals surface area contributed by atoms with E-state index >= 15 is 0 Å². The van der Waals surface area contributed by atoms with Crippen molar-refractivity contribution < 1.29 is 14.0 Å². The van der Waals surface area contributed by atoms with Crippen molar-refractivity contribution in [3.8, 4) is 0 Å². The Morgan fingerprint density at radius 1 is 1.15 bits per heavy atom. The molecule has 7 heteroatoms. The van der Waals surface area contributed by atoms with Gasteiger partial charge >= 0.3 is 0 Å². The number of carbonyl (C=O) groups is 2. The molecule has 0 unspecified atom stereocenters. The molecule has 27 heavy (non-hydrogen) atoms. The number of hydrogen-bond acceptors (Lipinski definition) is 2. The molecule has 0 aliphatic heterocycles. The van der Waals surface area contributed by atoms with Gasteiger partial charge in [-0.2, -0.15) is 0 Å². The van der Waals surface area contributed by atoms with E-state index in [4.69, 9.17) is 23.2 Å². The number of halogens is 3. The van der Waals surface area contributed by atoms with E-state index in [1.807, 2.05) is 6.92 Å². The molecule has 0 saturated heterocycles. The van der Waals surface area contributed by atoms with E-state index in [9.17, 15) is 14.0 Å². The number of nitrogens with zero attached hydrogens (tertiary/aromatic N) is 1. The fourth-order valence-electron chi connectivity index (χ4n) is 2.83. The summed E-state index contributed by atoms with van der Waals surface area (Å²) in [4.78, 5) is 26.7. The van der Waals surface area contributed by atoms with Gasteiger partial charge in [-0.25, -0.2) is 4.39 Å². The Hall–Kier alpha value is -2.11. The van der Waals surface area contributed by atoms with Crippen LogP contribution < -0.4 is 5.32 Å². The van der Waals surface area contributed by atoms with Crippen LogP contribution in [0, 0.1) is 5.82 Å². The molecule has 0 fully saturated rings. The summed E-state index contributed by atoms with van der Waals surface area (Å²) in [6.45, 7) is 1.98. The van der Waals surface area contributed by atoms with Gasteiger partial charge in [0, 0.05) is 13.6 Å². The van der Waals surface area contributed by atoms with Gasteiger partial charge in [-0.3, -0.25) is 9.59 Å². The largest absolute Gasteiger partial charge is 0.357 e. The number of rotatable bonds is 7. The molecular formula is C20H21Cl2FN2O2. The summed E-state index contributed by atoms with van der Waals surface area (Å²) in [5.74, 6) is -1.07. The van der Waals surface area contributed by atoms with E-state index in [0.717, 1.165) is 5.56 Å². The SMILES string of the molecule is CC[C@@H](C(=O)NC)N(Cc1ccc(Cl)c(Cl)c1)C(=O)Cc1ccccc1F. The summed E-state index contributed by atoms with van der Waals surface area (Å²) < 4.78 is 14.0. The zero-order valence-electron chi connectivity index (χ0n) is 15.1. The topological polar surface area (TPSA) is 49.4 Å². The Bertz CT molecular complexity index is 829. The summed E-state index contributed by atoms with van der Waals surface area (Å²) in [5.41, 5.74) is 1.02. The Morgan fingerprint density at radius 2 is 1.85 bits per heavy atom. The maximum absolute atomic E-state index is 14.0. The van der Waals surface area contributed by atoms with Gasteiger partial charge in [0.25, 0.3) is 0 Å². The third-order valence-electron chi connectivity index (χ3n) is 4.27. The molecule has 0 heterocycles. The van der Waals surface area contributed by atoms with Gasteiger partial charge in [0.1, 0.15) is 11.9 Å². The van der Waals surface area contributed by atoms with Crippen molar-refractivity contribution in [2.75, 3.05) is 7.05 Å². The van der Waals surface area contributed by atoms with E-state index in [1.54, 1.807) is 36.4 Å². The minimum Gasteiger partial charge on any atom is -0.357 e. The summed E-state index contributed by atoms with van der Waals surface area (Å²) in [7, 11) is 1.52. The molecule has 0 saturated carbocycles. The van der Waals surface area contributed by atoms with Crippen LogP contribution in [0.4, 0.5) is 4.39 Å². The number of benzene rings is 2. The highest BCUT2D eigenvalue weighted by Gasteiger charge is 2.28. The maximum Gasteiger partial charge on any atom is 0.242 e. The summed E-state index contributed by atoms with van der Waals surface area (Å²) >= 11 is 12.0. The van der Waals surface area contributed by atoms with Crippen LogP contribution in [0.15, 0.2) is 42.5 Å². The predicted octanol–water partition coefficient (Wildman–Crippen LogP) is 4.23. The van der Waals surface area contributed by atoms with Crippen LogP contribution in [0.1, 0.15) is 24.5 Å². The van der Waals surface area contributed by atoms with Crippen molar-refractivity contribution in [2.45, 2.75) is 32.4 Å². The average molecular weight is 411 g/mol. The fourth-order valence-corrected chi connectivity index (χ4v) is 3.15. The smallest absolute Gasteiger partial charge is 0.242 e. The molecule has 0 aliphatic rings. The van der Waals surface area contributed by atoms with Gasteiger partial charge in [0.2, 0.25) is 11.8 Å². The van der Waals surface area contributed by atoms with Crippen molar-refractivity contribution in [2.24, 2.45) is 0 Å². The average Bonchev–Trinajstić information content (AvgIpc) is 2.65. The molecule has 144 valence electrons. The van der Waals surface area contributed by atoms with Crippen LogP contribution in [0.5, 0.6) is 0 Å². The number of likely N-dealkylation sites (N-methyl/N-ethyl adjacent to an activating group) is 1. The van der Waals surface area contributed by atoms with Gasteiger partial charge in [-0.05, 0) is 35.7 Å². The first-order valence-corrected chi connectivity index (χ1v) is 9.31. The number of hydrogen-bond donors (Lipinski definition) is 1. The number of carbonyl (C=O) groups excluding carboxylic acids is 2. The Kier molecular flexibility index (Phi) is 7.63. The van der Waals surface area contributed by atoms with Crippen LogP contribution >= 0.6 is 23.2 Å². The Balaban J connectivity index is 2.33. The third kappa shape index (κ3) is 5.44. The number of amides is 2. The summed E-state index contributed by atoms with van der Waals surface area (Å²) in [6.07, 6.45) is 0.283. The van der Waals surface area contributed by atoms with E-state index in [1.165, 1.54) is 18.0 Å². The zero-order valence-corrected chi connectivity index (χ0v) is 16.6. The van der Waals surface area contributed by atoms with E-state index < -0.39 is 11.9 Å². The summed E-state index contributed by atoms with van der Waals surface area (Å²) in [6, 6.07) is 10.5. The highest BCUT2D eigenvalue weighted by molar-refractivity contribution is 6.42. The van der Waals surface area contributed by atoms with Gasteiger partial charge in [-0.1, -0.05) is 54.4 Å². The van der Waals surface area contributed by atoms with Crippen LogP contribution in [-0.4, -0.2) is 29.8 Å². The highest BCUT2D eigenvalue weighted by Crippen LogP contribution is 2.24. The molecule has 2 amide bonds. The lowest BCUT2D eigenvalue weighted by atomic mass is 10.1. The molecule has 0 aromatic heterocycles. The second kappa shape index (κ2) is 9.72. The van der Waals surface area contributed by atoms with Crippen LogP contribution in [0.3, 0.4) is 0 Å². The van der Waals surface area contributed by atoms with Crippen LogP contribution in [-0.2, 0) is 22.6 Å². The molecule has 0 aliphatic carbocycles. The van der Waals surface area contributed by atoms with Gasteiger partial charge in [0.05, 0.1) is 16.5 Å². The third-order valence-corrected chi connectivity index (χ3v) is 5.01. The van der Waals surface area contributed by atoms with Crippen LogP contribution in [0.2, 0.25) is 10.0 Å². The molecule has 0 bridgehead atoms. The second-order valence-electron chi connectivity index (χ2n) is 6.08. The Morgan fingerprint density at radius 3 is 2.44 bits per heavy atom. The monoisotopic (exact) mass is 410 g/mol. The van der Waals surface area contributed by atoms with Gasteiger partial charge < -0.3 is 10.2 Å². The molecule has 2 aromatic rings. The van der Waals surface area contributed by atoms with Crippen molar-refractivity contribution in [1.82, 2.24) is 10.2 Å². The molecule has 0 radical (unpaired) electrons. The zero-order chi connectivity index (χ0) is 20.0.